The predicted octanol–water partition coefficient (Wildman–Crippen LogP) is 2.07. The molecule has 0 aliphatic heterocycles. The van der Waals surface area contributed by atoms with E-state index in [1.54, 1.807) is 0 Å². The molecule has 0 aromatic carbocycles. The topological polar surface area (TPSA) is 12.0 Å². The smallest absolute Gasteiger partial charge is 0.0157 e. The van der Waals surface area contributed by atoms with Gasteiger partial charge in [0.1, 0.15) is 0 Å². The summed E-state index contributed by atoms with van der Waals surface area (Å²) >= 11 is 0. The molecule has 0 saturated heterocycles. The van der Waals surface area contributed by atoms with Crippen molar-refractivity contribution in [1.29, 1.82) is 0 Å². The van der Waals surface area contributed by atoms with Crippen molar-refractivity contribution < 1.29 is 0 Å². The van der Waals surface area contributed by atoms with E-state index in [2.05, 4.69) is 12.2 Å². The predicted molar refractivity (Wildman–Crippen MR) is 43.0 cm³/mol. The lowest BCUT2D eigenvalue weighted by molar-refractivity contribution is 0.438. The first-order valence-electron chi connectivity index (χ1n) is 4.56. The van der Waals surface area contributed by atoms with Gasteiger partial charge in [-0.05, 0) is 32.6 Å². The van der Waals surface area contributed by atoms with Crippen LogP contribution in [0.1, 0.15) is 45.4 Å². The van der Waals surface area contributed by atoms with Crippen molar-refractivity contribution >= 4 is 0 Å². The Morgan fingerprint density at radius 1 is 1.20 bits per heavy atom. The molecule has 0 unspecified atom stereocenters. The molecule has 0 atom stereocenters. The van der Waals surface area contributed by atoms with Gasteiger partial charge in [0.15, 0.2) is 0 Å². The lowest BCUT2D eigenvalue weighted by atomic mass is 10.2. The average molecular weight is 139 g/mol. The summed E-state index contributed by atoms with van der Waals surface area (Å²) in [5.41, 5.74) is 0.564. The Bertz CT molecular complexity index is 121. The Hall–Kier alpha value is -0.0400. The molecule has 0 heterocycles. The van der Waals surface area contributed by atoms with Gasteiger partial charge >= 0.3 is 0 Å². The van der Waals surface area contributed by atoms with Gasteiger partial charge in [-0.25, -0.2) is 0 Å². The van der Waals surface area contributed by atoms with Crippen LogP contribution in [0.3, 0.4) is 0 Å². The fraction of sp³-hybridized carbons (Fsp3) is 1.00. The molecule has 0 aromatic heterocycles. The molecule has 1 N–H and O–H groups in total. The first kappa shape index (κ1) is 6.66. The third-order valence-corrected chi connectivity index (χ3v) is 2.91. The largest absolute Gasteiger partial charge is 0.309 e. The second-order valence-electron chi connectivity index (χ2n) is 4.19. The summed E-state index contributed by atoms with van der Waals surface area (Å²) in [7, 11) is 0. The fourth-order valence-corrected chi connectivity index (χ4v) is 1.89. The highest BCUT2D eigenvalue weighted by molar-refractivity contribution is 4.99. The molecule has 58 valence electrons. The number of hydrogen-bond donors (Lipinski definition) is 1. The zero-order valence-corrected chi connectivity index (χ0v) is 6.82. The second kappa shape index (κ2) is 2.23. The molecule has 0 bridgehead atoms. The van der Waals surface area contributed by atoms with E-state index >= 15 is 0 Å². The number of rotatable bonds is 2. The van der Waals surface area contributed by atoms with Gasteiger partial charge in [-0.1, -0.05) is 12.8 Å². The van der Waals surface area contributed by atoms with E-state index in [0.717, 1.165) is 6.04 Å². The van der Waals surface area contributed by atoms with Crippen molar-refractivity contribution in [3.8, 4) is 0 Å². The molecule has 2 fully saturated rings. The van der Waals surface area contributed by atoms with Crippen LogP contribution in [0.15, 0.2) is 0 Å². The Labute approximate surface area is 63.2 Å². The van der Waals surface area contributed by atoms with Gasteiger partial charge in [0.25, 0.3) is 0 Å². The molecular formula is C9H17N. The van der Waals surface area contributed by atoms with Crippen LogP contribution in [0.4, 0.5) is 0 Å². The monoisotopic (exact) mass is 139 g/mol. The highest BCUT2D eigenvalue weighted by Crippen LogP contribution is 2.36. The molecule has 2 aliphatic carbocycles. The molecule has 2 saturated carbocycles. The van der Waals surface area contributed by atoms with E-state index in [1.807, 2.05) is 0 Å². The van der Waals surface area contributed by atoms with Crippen molar-refractivity contribution in [2.45, 2.75) is 57.0 Å². The summed E-state index contributed by atoms with van der Waals surface area (Å²) in [5.74, 6) is 0. The van der Waals surface area contributed by atoms with Crippen molar-refractivity contribution in [2.24, 2.45) is 0 Å². The van der Waals surface area contributed by atoms with Gasteiger partial charge in [-0.2, -0.15) is 0 Å². The minimum atomic E-state index is 0.564. The summed E-state index contributed by atoms with van der Waals surface area (Å²) in [4.78, 5) is 0. The second-order valence-corrected chi connectivity index (χ2v) is 4.19. The zero-order valence-electron chi connectivity index (χ0n) is 6.82. The van der Waals surface area contributed by atoms with Gasteiger partial charge < -0.3 is 5.32 Å². The zero-order chi connectivity index (χ0) is 7.03. The molecule has 2 rings (SSSR count). The summed E-state index contributed by atoms with van der Waals surface area (Å²) in [6, 6.07) is 0.868. The van der Waals surface area contributed by atoms with E-state index in [1.165, 1.54) is 38.5 Å². The van der Waals surface area contributed by atoms with Crippen LogP contribution >= 0.6 is 0 Å². The van der Waals surface area contributed by atoms with E-state index in [4.69, 9.17) is 0 Å². The third kappa shape index (κ3) is 1.34. The molecule has 0 radical (unpaired) electrons. The summed E-state index contributed by atoms with van der Waals surface area (Å²) in [6.07, 6.45) is 8.57. The fourth-order valence-electron chi connectivity index (χ4n) is 1.89. The van der Waals surface area contributed by atoms with Crippen molar-refractivity contribution in [3.63, 3.8) is 0 Å². The number of nitrogens with one attached hydrogen (secondary N) is 1. The van der Waals surface area contributed by atoms with Gasteiger partial charge in [-0.15, -0.1) is 0 Å². The maximum Gasteiger partial charge on any atom is 0.0157 e. The molecule has 2 aliphatic rings. The van der Waals surface area contributed by atoms with Crippen LogP contribution in [0.25, 0.3) is 0 Å². The van der Waals surface area contributed by atoms with Gasteiger partial charge in [0.2, 0.25) is 0 Å². The van der Waals surface area contributed by atoms with Crippen molar-refractivity contribution in [3.05, 3.63) is 0 Å². The normalized spacial score (nSPS) is 30.9. The summed E-state index contributed by atoms with van der Waals surface area (Å²) < 4.78 is 0. The molecule has 0 amide bonds. The van der Waals surface area contributed by atoms with Crippen LogP contribution in [0, 0.1) is 0 Å². The quantitative estimate of drug-likeness (QED) is 0.617. The Morgan fingerprint density at radius 3 is 2.30 bits per heavy atom. The molecule has 0 aromatic rings. The Morgan fingerprint density at radius 2 is 1.80 bits per heavy atom. The molecular weight excluding hydrogens is 122 g/mol. The lowest BCUT2D eigenvalue weighted by Crippen LogP contribution is -2.36. The standard InChI is InChI=1S/C9H17N/c1-9(6-7-9)10-8-4-2-3-5-8/h8,10H,2-7H2,1H3. The highest BCUT2D eigenvalue weighted by atomic mass is 15.0. The van der Waals surface area contributed by atoms with Crippen molar-refractivity contribution in [1.82, 2.24) is 5.32 Å². The SMILES string of the molecule is CC1(NC2CCCC2)CC1. The van der Waals surface area contributed by atoms with E-state index in [0.29, 0.717) is 5.54 Å². The summed E-state index contributed by atoms with van der Waals surface area (Å²) in [6.45, 7) is 2.35. The molecule has 1 nitrogen and oxygen atoms in total. The maximum absolute atomic E-state index is 3.73. The van der Waals surface area contributed by atoms with Crippen LogP contribution in [-0.2, 0) is 0 Å². The van der Waals surface area contributed by atoms with E-state index < -0.39 is 0 Å². The Balaban J connectivity index is 1.78. The van der Waals surface area contributed by atoms with Crippen LogP contribution < -0.4 is 5.32 Å². The minimum absolute atomic E-state index is 0.564. The average Bonchev–Trinajstić information content (AvgIpc) is 2.47. The molecule has 0 spiro atoms. The van der Waals surface area contributed by atoms with Gasteiger partial charge in [-0.3, -0.25) is 0 Å². The first-order chi connectivity index (χ1) is 4.79. The van der Waals surface area contributed by atoms with E-state index in [9.17, 15) is 0 Å². The van der Waals surface area contributed by atoms with Crippen LogP contribution in [0.5, 0.6) is 0 Å². The highest BCUT2D eigenvalue weighted by Gasteiger charge is 2.38. The minimum Gasteiger partial charge on any atom is -0.309 e. The Kier molecular flexibility index (Phi) is 1.48. The third-order valence-electron chi connectivity index (χ3n) is 2.91. The summed E-state index contributed by atoms with van der Waals surface area (Å²) in [5, 5.41) is 3.73. The first-order valence-corrected chi connectivity index (χ1v) is 4.56. The molecule has 1 heteroatoms. The number of hydrogen-bond acceptors (Lipinski definition) is 1. The van der Waals surface area contributed by atoms with Gasteiger partial charge in [0.05, 0.1) is 0 Å². The lowest BCUT2D eigenvalue weighted by Gasteiger charge is -2.17. The van der Waals surface area contributed by atoms with Crippen LogP contribution in [0.2, 0.25) is 0 Å². The van der Waals surface area contributed by atoms with E-state index in [-0.39, 0.29) is 0 Å². The van der Waals surface area contributed by atoms with Gasteiger partial charge in [0, 0.05) is 11.6 Å². The molecule has 10 heavy (non-hydrogen) atoms. The van der Waals surface area contributed by atoms with Crippen molar-refractivity contribution in [2.75, 3.05) is 0 Å². The van der Waals surface area contributed by atoms with Crippen LogP contribution in [-0.4, -0.2) is 11.6 Å². The maximum atomic E-state index is 3.73.